The molecule has 1 aromatic heterocycles. The van der Waals surface area contributed by atoms with Gasteiger partial charge in [-0.3, -0.25) is 9.59 Å². The van der Waals surface area contributed by atoms with E-state index in [0.717, 1.165) is 11.1 Å². The van der Waals surface area contributed by atoms with Crippen LogP contribution in [-0.4, -0.2) is 35.8 Å². The Morgan fingerprint density at radius 1 is 0.943 bits per heavy atom. The lowest BCUT2D eigenvalue weighted by atomic mass is 10.1. The molecule has 3 amide bonds. The van der Waals surface area contributed by atoms with Gasteiger partial charge in [0.05, 0.1) is 24.8 Å². The Morgan fingerprint density at radius 2 is 1.60 bits per heavy atom. The van der Waals surface area contributed by atoms with Crippen molar-refractivity contribution in [2.24, 2.45) is 0 Å². The quantitative estimate of drug-likeness (QED) is 0.287. The minimum absolute atomic E-state index is 0.130. The van der Waals surface area contributed by atoms with Gasteiger partial charge in [-0.25, -0.2) is 9.59 Å². The Kier molecular flexibility index (Phi) is 8.04. The SMILES string of the molecule is COC(=O)c1c(CC(=O)NCc2cccc(NC(=O)Nc3cccc(C)c3)c2)[nH]c(C(C)=O)c1C. The molecule has 0 aliphatic rings. The zero-order valence-electron chi connectivity index (χ0n) is 20.1. The van der Waals surface area contributed by atoms with Crippen LogP contribution in [0.2, 0.25) is 0 Å². The number of ketones is 1. The van der Waals surface area contributed by atoms with Crippen LogP contribution in [0.4, 0.5) is 16.2 Å². The first-order valence-corrected chi connectivity index (χ1v) is 11.0. The molecule has 0 aliphatic heterocycles. The highest BCUT2D eigenvalue weighted by atomic mass is 16.5. The van der Waals surface area contributed by atoms with Crippen LogP contribution in [0.3, 0.4) is 0 Å². The van der Waals surface area contributed by atoms with E-state index in [2.05, 4.69) is 20.9 Å². The van der Waals surface area contributed by atoms with Gasteiger partial charge in [0.2, 0.25) is 5.91 Å². The minimum atomic E-state index is -0.614. The number of ether oxygens (including phenoxy) is 1. The second kappa shape index (κ2) is 11.1. The van der Waals surface area contributed by atoms with E-state index in [0.29, 0.717) is 22.6 Å². The first kappa shape index (κ1) is 25.2. The summed E-state index contributed by atoms with van der Waals surface area (Å²) in [6.45, 7) is 5.16. The van der Waals surface area contributed by atoms with Gasteiger partial charge in [0.25, 0.3) is 0 Å². The van der Waals surface area contributed by atoms with Gasteiger partial charge in [-0.05, 0) is 54.8 Å². The van der Waals surface area contributed by atoms with E-state index in [4.69, 9.17) is 4.74 Å². The zero-order chi connectivity index (χ0) is 25.5. The molecule has 9 heteroatoms. The second-order valence-corrected chi connectivity index (χ2v) is 8.13. The third-order valence-corrected chi connectivity index (χ3v) is 5.36. The number of benzene rings is 2. The van der Waals surface area contributed by atoms with E-state index in [1.165, 1.54) is 14.0 Å². The molecule has 0 spiro atoms. The van der Waals surface area contributed by atoms with Crippen molar-refractivity contribution in [2.45, 2.75) is 33.7 Å². The number of aromatic nitrogens is 1. The molecule has 35 heavy (non-hydrogen) atoms. The molecule has 0 fully saturated rings. The summed E-state index contributed by atoms with van der Waals surface area (Å²) in [5.41, 5.74) is 4.30. The molecule has 9 nitrogen and oxygen atoms in total. The van der Waals surface area contributed by atoms with Crippen LogP contribution in [0.15, 0.2) is 48.5 Å². The fourth-order valence-corrected chi connectivity index (χ4v) is 3.72. The third-order valence-electron chi connectivity index (χ3n) is 5.36. The number of Topliss-reactive ketones (excluding diaryl/α,β-unsaturated/α-hetero) is 1. The van der Waals surface area contributed by atoms with Crippen molar-refractivity contribution >= 4 is 35.1 Å². The summed E-state index contributed by atoms with van der Waals surface area (Å²) in [4.78, 5) is 51.8. The summed E-state index contributed by atoms with van der Waals surface area (Å²) in [6.07, 6.45) is -0.130. The number of anilines is 2. The smallest absolute Gasteiger partial charge is 0.339 e. The number of amides is 3. The lowest BCUT2D eigenvalue weighted by Crippen LogP contribution is -2.25. The number of rotatable bonds is 8. The Morgan fingerprint density at radius 3 is 2.23 bits per heavy atom. The van der Waals surface area contributed by atoms with Crippen LogP contribution in [-0.2, 0) is 22.5 Å². The molecule has 0 unspecified atom stereocenters. The van der Waals surface area contributed by atoms with Crippen LogP contribution in [0.25, 0.3) is 0 Å². The van der Waals surface area contributed by atoms with Crippen molar-refractivity contribution in [3.8, 4) is 0 Å². The fraction of sp³-hybridized carbons (Fsp3) is 0.231. The number of carbonyl (C=O) groups excluding carboxylic acids is 4. The van der Waals surface area contributed by atoms with E-state index >= 15 is 0 Å². The van der Waals surface area contributed by atoms with E-state index in [-0.39, 0.29) is 41.9 Å². The van der Waals surface area contributed by atoms with Crippen molar-refractivity contribution in [1.82, 2.24) is 10.3 Å². The predicted octanol–water partition coefficient (Wildman–Crippen LogP) is 4.12. The maximum absolute atomic E-state index is 12.6. The van der Waals surface area contributed by atoms with Gasteiger partial charge in [-0.2, -0.15) is 0 Å². The number of hydrogen-bond acceptors (Lipinski definition) is 5. The highest BCUT2D eigenvalue weighted by Crippen LogP contribution is 2.21. The minimum Gasteiger partial charge on any atom is -0.465 e. The number of aryl methyl sites for hydroxylation is 1. The number of nitrogens with one attached hydrogen (secondary N) is 4. The van der Waals surface area contributed by atoms with E-state index < -0.39 is 5.97 Å². The fourth-order valence-electron chi connectivity index (χ4n) is 3.72. The van der Waals surface area contributed by atoms with Crippen molar-refractivity contribution in [2.75, 3.05) is 17.7 Å². The summed E-state index contributed by atoms with van der Waals surface area (Å²) in [6, 6.07) is 14.2. The van der Waals surface area contributed by atoms with Crippen LogP contribution in [0.5, 0.6) is 0 Å². The van der Waals surface area contributed by atoms with Crippen LogP contribution < -0.4 is 16.0 Å². The average Bonchev–Trinajstić information content (AvgIpc) is 3.13. The maximum atomic E-state index is 12.6. The molecule has 0 aliphatic carbocycles. The van der Waals surface area contributed by atoms with E-state index in [9.17, 15) is 19.2 Å². The number of urea groups is 1. The topological polar surface area (TPSA) is 129 Å². The summed E-state index contributed by atoms with van der Waals surface area (Å²) < 4.78 is 4.81. The van der Waals surface area contributed by atoms with Gasteiger partial charge in [-0.1, -0.05) is 24.3 Å². The van der Waals surface area contributed by atoms with Crippen molar-refractivity contribution in [3.05, 3.63) is 82.2 Å². The average molecular weight is 477 g/mol. The van der Waals surface area contributed by atoms with E-state index in [1.807, 2.05) is 31.2 Å². The molecule has 0 saturated carbocycles. The van der Waals surface area contributed by atoms with Gasteiger partial charge in [0.15, 0.2) is 5.78 Å². The zero-order valence-corrected chi connectivity index (χ0v) is 20.1. The van der Waals surface area contributed by atoms with Crippen molar-refractivity contribution in [3.63, 3.8) is 0 Å². The standard InChI is InChI=1S/C26H28N4O5/c1-15-7-5-9-19(11-15)28-26(34)29-20-10-6-8-18(12-20)14-27-22(32)13-21-23(25(33)35-4)16(2)24(30-21)17(3)31/h5-12,30H,13-14H2,1-4H3,(H,27,32)(H2,28,29,34). The molecule has 0 bridgehead atoms. The molecule has 2 aromatic carbocycles. The summed E-state index contributed by atoms with van der Waals surface area (Å²) in [5.74, 6) is -1.20. The van der Waals surface area contributed by atoms with Crippen LogP contribution in [0.1, 0.15) is 50.2 Å². The first-order chi connectivity index (χ1) is 16.7. The highest BCUT2D eigenvalue weighted by molar-refractivity contribution is 6.01. The van der Waals surface area contributed by atoms with E-state index in [1.54, 1.807) is 31.2 Å². The van der Waals surface area contributed by atoms with Crippen LogP contribution in [0, 0.1) is 13.8 Å². The molecule has 0 saturated heterocycles. The van der Waals surface area contributed by atoms with Crippen LogP contribution >= 0.6 is 0 Å². The third kappa shape index (κ3) is 6.57. The molecule has 1 heterocycles. The highest BCUT2D eigenvalue weighted by Gasteiger charge is 2.24. The largest absolute Gasteiger partial charge is 0.465 e. The number of aromatic amines is 1. The summed E-state index contributed by atoms with van der Waals surface area (Å²) >= 11 is 0. The molecular formula is C26H28N4O5. The Hall–Kier alpha value is -4.40. The van der Waals surface area contributed by atoms with Crippen molar-refractivity contribution < 1.29 is 23.9 Å². The Bertz CT molecular complexity index is 1280. The second-order valence-electron chi connectivity index (χ2n) is 8.13. The molecule has 0 radical (unpaired) electrons. The molecule has 4 N–H and O–H groups in total. The Balaban J connectivity index is 1.61. The van der Waals surface area contributed by atoms with Gasteiger partial charge >= 0.3 is 12.0 Å². The molecular weight excluding hydrogens is 448 g/mol. The predicted molar refractivity (Wildman–Crippen MR) is 133 cm³/mol. The number of esters is 1. The molecule has 3 aromatic rings. The summed E-state index contributed by atoms with van der Waals surface area (Å²) in [5, 5.41) is 8.34. The monoisotopic (exact) mass is 476 g/mol. The molecule has 182 valence electrons. The molecule has 0 atom stereocenters. The number of hydrogen-bond donors (Lipinski definition) is 4. The summed E-state index contributed by atoms with van der Waals surface area (Å²) in [7, 11) is 1.24. The molecule has 3 rings (SSSR count). The van der Waals surface area contributed by atoms with Gasteiger partial charge in [0.1, 0.15) is 0 Å². The normalized spacial score (nSPS) is 10.4. The number of methoxy groups -OCH3 is 1. The lowest BCUT2D eigenvalue weighted by molar-refractivity contribution is -0.120. The van der Waals surface area contributed by atoms with Gasteiger partial charge < -0.3 is 25.7 Å². The van der Waals surface area contributed by atoms with Crippen molar-refractivity contribution in [1.29, 1.82) is 0 Å². The van der Waals surface area contributed by atoms with Gasteiger partial charge in [-0.15, -0.1) is 0 Å². The maximum Gasteiger partial charge on any atom is 0.339 e. The Labute approximate surface area is 203 Å². The lowest BCUT2D eigenvalue weighted by Gasteiger charge is -2.10. The van der Waals surface area contributed by atoms with Gasteiger partial charge in [0, 0.05) is 30.5 Å². The first-order valence-electron chi connectivity index (χ1n) is 11.0. The number of H-pyrrole nitrogens is 1. The number of carbonyl (C=O) groups is 4.